The van der Waals surface area contributed by atoms with E-state index in [4.69, 9.17) is 0 Å². The molecule has 0 atom stereocenters. The van der Waals surface area contributed by atoms with Crippen molar-refractivity contribution in [3.8, 4) is 0 Å². The number of Topliss-reactive ketones (excluding diaryl/α,β-unsaturated/α-hetero) is 2. The first-order valence-corrected chi connectivity index (χ1v) is 3.64. The fraction of sp³-hybridized carbons (Fsp3) is 0.111. The zero-order chi connectivity index (χ0) is 10.8. The zero-order valence-electron chi connectivity index (χ0n) is 7.34. The van der Waals surface area contributed by atoms with E-state index in [1.54, 1.807) is 0 Å². The van der Waals surface area contributed by atoms with Gasteiger partial charge in [0, 0.05) is 5.56 Å². The highest BCUT2D eigenvalue weighted by Crippen LogP contribution is 2.18. The van der Waals surface area contributed by atoms with Gasteiger partial charge in [0.2, 0.25) is 5.78 Å². The first-order valence-electron chi connectivity index (χ1n) is 3.64. The van der Waals surface area contributed by atoms with Crippen LogP contribution in [0.1, 0.15) is 10.4 Å². The summed E-state index contributed by atoms with van der Waals surface area (Å²) < 4.78 is 35.4. The maximum atomic E-state index is 11.8. The zero-order valence-corrected chi connectivity index (χ0v) is 7.34. The molecule has 3 nitrogen and oxygen atoms in total. The van der Waals surface area contributed by atoms with Crippen molar-refractivity contribution in [3.63, 3.8) is 0 Å². The summed E-state index contributed by atoms with van der Waals surface area (Å²) in [4.78, 5) is 21.4. The highest BCUT2D eigenvalue weighted by atomic mass is 19.4. The molecular formula is C9H7F3O3. The first-order chi connectivity index (χ1) is 6.43. The molecule has 1 aromatic rings. The molecule has 82 valence electrons. The van der Waals surface area contributed by atoms with E-state index in [0.29, 0.717) is 0 Å². The van der Waals surface area contributed by atoms with Crippen molar-refractivity contribution in [2.24, 2.45) is 0 Å². The van der Waals surface area contributed by atoms with Crippen molar-refractivity contribution in [2.75, 3.05) is 0 Å². The molecule has 0 radical (unpaired) electrons. The largest absolute Gasteiger partial charge is 0.458 e. The monoisotopic (exact) mass is 220 g/mol. The van der Waals surface area contributed by atoms with Gasteiger partial charge in [-0.3, -0.25) is 9.59 Å². The van der Waals surface area contributed by atoms with Crippen LogP contribution in [0.3, 0.4) is 0 Å². The molecule has 0 unspecified atom stereocenters. The summed E-state index contributed by atoms with van der Waals surface area (Å²) in [5, 5.41) is 0. The van der Waals surface area contributed by atoms with Gasteiger partial charge in [-0.2, -0.15) is 13.2 Å². The summed E-state index contributed by atoms with van der Waals surface area (Å²) in [5.41, 5.74) is -0.255. The molecule has 0 amide bonds. The van der Waals surface area contributed by atoms with Crippen LogP contribution in [0.15, 0.2) is 30.3 Å². The Hall–Kier alpha value is -1.69. The number of ketones is 2. The number of hydrogen-bond acceptors (Lipinski definition) is 2. The Morgan fingerprint density at radius 1 is 1.00 bits per heavy atom. The third kappa shape index (κ3) is 3.17. The molecule has 0 saturated heterocycles. The van der Waals surface area contributed by atoms with Crippen LogP contribution in [0.2, 0.25) is 0 Å². The number of carbonyl (C=O) groups is 2. The summed E-state index contributed by atoms with van der Waals surface area (Å²) in [5.74, 6) is -3.87. The molecule has 0 bridgehead atoms. The van der Waals surface area contributed by atoms with Crippen molar-refractivity contribution in [2.45, 2.75) is 6.18 Å². The Labute approximate surface area is 82.8 Å². The molecule has 0 aromatic heterocycles. The van der Waals surface area contributed by atoms with Gasteiger partial charge in [0.05, 0.1) is 0 Å². The van der Waals surface area contributed by atoms with Crippen LogP contribution in [-0.2, 0) is 4.79 Å². The molecule has 2 N–H and O–H groups in total. The molecule has 0 saturated carbocycles. The fourth-order valence-electron chi connectivity index (χ4n) is 0.849. The standard InChI is InChI=1S/C9H5F3O2.H2O/c10-9(11,12)8(14)7(13)6-4-2-1-3-5-6;/h1-5H;1H2. The lowest BCUT2D eigenvalue weighted by atomic mass is 10.1. The normalized spacial score (nSPS) is 10.3. The molecule has 1 aromatic carbocycles. The molecule has 0 fully saturated rings. The van der Waals surface area contributed by atoms with E-state index in [9.17, 15) is 22.8 Å². The van der Waals surface area contributed by atoms with E-state index in [0.717, 1.165) is 12.1 Å². The van der Waals surface area contributed by atoms with E-state index in [-0.39, 0.29) is 11.0 Å². The smallest absolute Gasteiger partial charge is 0.412 e. The number of hydrogen-bond donors (Lipinski definition) is 0. The van der Waals surface area contributed by atoms with Crippen molar-refractivity contribution in [3.05, 3.63) is 35.9 Å². The highest BCUT2D eigenvalue weighted by molar-refractivity contribution is 6.45. The van der Waals surface area contributed by atoms with Gasteiger partial charge in [0.1, 0.15) is 0 Å². The molecule has 0 aliphatic rings. The third-order valence-electron chi connectivity index (χ3n) is 1.50. The lowest BCUT2D eigenvalue weighted by Crippen LogP contribution is -2.30. The Kier molecular flexibility index (Phi) is 4.17. The first kappa shape index (κ1) is 13.3. The fourth-order valence-corrected chi connectivity index (χ4v) is 0.849. The predicted molar refractivity (Wildman–Crippen MR) is 45.4 cm³/mol. The van der Waals surface area contributed by atoms with Crippen LogP contribution in [0.4, 0.5) is 13.2 Å². The average Bonchev–Trinajstić information content (AvgIpc) is 2.15. The molecule has 0 spiro atoms. The Morgan fingerprint density at radius 3 is 1.87 bits per heavy atom. The van der Waals surface area contributed by atoms with Crippen molar-refractivity contribution in [1.82, 2.24) is 0 Å². The Morgan fingerprint density at radius 2 is 1.47 bits per heavy atom. The Bertz CT molecular complexity index is 357. The van der Waals surface area contributed by atoms with Gasteiger partial charge >= 0.3 is 12.0 Å². The average molecular weight is 220 g/mol. The second-order valence-electron chi connectivity index (χ2n) is 2.52. The number of halogens is 3. The van der Waals surface area contributed by atoms with E-state index >= 15 is 0 Å². The maximum Gasteiger partial charge on any atom is 0.458 e. The molecule has 1 rings (SSSR count). The van der Waals surface area contributed by atoms with E-state index in [2.05, 4.69) is 0 Å². The predicted octanol–water partition coefficient (Wildman–Crippen LogP) is 1.18. The molecule has 0 aliphatic heterocycles. The van der Waals surface area contributed by atoms with Crippen molar-refractivity contribution < 1.29 is 28.2 Å². The minimum absolute atomic E-state index is 0. The minimum atomic E-state index is -5.10. The quantitative estimate of drug-likeness (QED) is 0.554. The van der Waals surface area contributed by atoms with Crippen LogP contribution in [0, 0.1) is 0 Å². The lowest BCUT2D eigenvalue weighted by Gasteiger charge is -2.03. The maximum absolute atomic E-state index is 11.8. The van der Waals surface area contributed by atoms with E-state index in [1.165, 1.54) is 18.2 Å². The summed E-state index contributed by atoms with van der Waals surface area (Å²) in [7, 11) is 0. The van der Waals surface area contributed by atoms with Gasteiger partial charge < -0.3 is 5.48 Å². The van der Waals surface area contributed by atoms with Crippen LogP contribution in [0.5, 0.6) is 0 Å². The number of alkyl halides is 3. The van der Waals surface area contributed by atoms with Gasteiger partial charge in [0.15, 0.2) is 0 Å². The highest BCUT2D eigenvalue weighted by Gasteiger charge is 2.43. The molecule has 15 heavy (non-hydrogen) atoms. The van der Waals surface area contributed by atoms with Crippen LogP contribution >= 0.6 is 0 Å². The summed E-state index contributed by atoms with van der Waals surface area (Å²) in [6.45, 7) is 0. The van der Waals surface area contributed by atoms with Crippen molar-refractivity contribution >= 4 is 11.6 Å². The summed E-state index contributed by atoms with van der Waals surface area (Å²) >= 11 is 0. The van der Waals surface area contributed by atoms with Gasteiger partial charge in [-0.25, -0.2) is 0 Å². The third-order valence-corrected chi connectivity index (χ3v) is 1.50. The second kappa shape index (κ2) is 4.70. The van der Waals surface area contributed by atoms with Gasteiger partial charge in [-0.15, -0.1) is 0 Å². The number of rotatable bonds is 2. The van der Waals surface area contributed by atoms with E-state index in [1.807, 2.05) is 0 Å². The minimum Gasteiger partial charge on any atom is -0.412 e. The van der Waals surface area contributed by atoms with Gasteiger partial charge in [-0.05, 0) is 0 Å². The lowest BCUT2D eigenvalue weighted by molar-refractivity contribution is -0.165. The second-order valence-corrected chi connectivity index (χ2v) is 2.52. The van der Waals surface area contributed by atoms with E-state index < -0.39 is 17.7 Å². The molecular weight excluding hydrogens is 213 g/mol. The SMILES string of the molecule is O.O=C(C(=O)C(F)(F)F)c1ccccc1. The van der Waals surface area contributed by atoms with Gasteiger partial charge in [0.25, 0.3) is 0 Å². The Balaban J connectivity index is 0.00000196. The van der Waals surface area contributed by atoms with Crippen LogP contribution in [-0.4, -0.2) is 23.2 Å². The number of benzene rings is 1. The molecule has 0 aliphatic carbocycles. The van der Waals surface area contributed by atoms with Crippen LogP contribution < -0.4 is 0 Å². The van der Waals surface area contributed by atoms with Gasteiger partial charge in [-0.1, -0.05) is 30.3 Å². The van der Waals surface area contributed by atoms with Crippen LogP contribution in [0.25, 0.3) is 0 Å². The molecule has 0 heterocycles. The molecule has 6 heteroatoms. The number of carbonyl (C=O) groups excluding carboxylic acids is 2. The van der Waals surface area contributed by atoms with Crippen molar-refractivity contribution in [1.29, 1.82) is 0 Å². The summed E-state index contributed by atoms with van der Waals surface area (Å²) in [6.07, 6.45) is -5.10. The summed E-state index contributed by atoms with van der Waals surface area (Å²) in [6, 6.07) is 6.63. The topological polar surface area (TPSA) is 65.6 Å².